The number of aliphatic hydroxyl groups excluding tert-OH is 1. The molecule has 1 saturated carbocycles. The van der Waals surface area contributed by atoms with Crippen molar-refractivity contribution in [3.63, 3.8) is 0 Å². The van der Waals surface area contributed by atoms with E-state index >= 15 is 0 Å². The molecule has 3 unspecified atom stereocenters. The number of hydrogen-bond acceptors (Lipinski definition) is 5. The summed E-state index contributed by atoms with van der Waals surface area (Å²) in [7, 11) is -3.52. The summed E-state index contributed by atoms with van der Waals surface area (Å²) in [6.07, 6.45) is 1.12. The van der Waals surface area contributed by atoms with Gasteiger partial charge in [-0.25, -0.2) is 18.2 Å². The van der Waals surface area contributed by atoms with E-state index < -0.39 is 21.5 Å². The Hall–Kier alpha value is -0.950. The van der Waals surface area contributed by atoms with Crippen molar-refractivity contribution in [2.45, 2.75) is 35.9 Å². The smallest absolute Gasteiger partial charge is 0.181 e. The largest absolute Gasteiger partial charge is 0.390 e. The molecule has 2 fully saturated rings. The Labute approximate surface area is 118 Å². The van der Waals surface area contributed by atoms with E-state index in [9.17, 15) is 13.5 Å². The third-order valence-corrected chi connectivity index (χ3v) is 6.01. The fourth-order valence-corrected chi connectivity index (χ4v) is 4.81. The van der Waals surface area contributed by atoms with Crippen LogP contribution in [0.5, 0.6) is 0 Å². The second kappa shape index (κ2) is 5.11. The van der Waals surface area contributed by atoms with Crippen LogP contribution in [-0.4, -0.2) is 37.6 Å². The van der Waals surface area contributed by atoms with E-state index in [2.05, 4.69) is 0 Å². The highest BCUT2D eigenvalue weighted by Crippen LogP contribution is 2.41. The normalized spacial score (nSPS) is 33.9. The zero-order valence-corrected chi connectivity index (χ0v) is 11.9. The van der Waals surface area contributed by atoms with Gasteiger partial charge in [0.1, 0.15) is 5.60 Å². The molecule has 1 aliphatic heterocycles. The molecule has 5 nitrogen and oxygen atoms in total. The van der Waals surface area contributed by atoms with E-state index in [1.807, 2.05) is 0 Å². The van der Waals surface area contributed by atoms with Crippen LogP contribution in [0.1, 0.15) is 19.3 Å². The lowest BCUT2D eigenvalue weighted by Crippen LogP contribution is -2.57. The minimum Gasteiger partial charge on any atom is -0.390 e. The molecule has 1 aliphatic carbocycles. The average molecular weight is 298 g/mol. The molecule has 1 aromatic rings. The molecule has 1 saturated heterocycles. The van der Waals surface area contributed by atoms with Crippen molar-refractivity contribution in [2.75, 3.05) is 12.4 Å². The van der Waals surface area contributed by atoms with Crippen LogP contribution in [0, 0.1) is 5.92 Å². The first-order valence-electron chi connectivity index (χ1n) is 6.78. The maximum absolute atomic E-state index is 12.5. The Bertz CT molecular complexity index is 570. The monoisotopic (exact) mass is 298 g/mol. The third kappa shape index (κ3) is 2.48. The van der Waals surface area contributed by atoms with Gasteiger partial charge < -0.3 is 5.11 Å². The van der Waals surface area contributed by atoms with Gasteiger partial charge in [0.15, 0.2) is 9.84 Å². The van der Waals surface area contributed by atoms with Crippen LogP contribution < -0.4 is 0 Å². The predicted octanol–water partition coefficient (Wildman–Crippen LogP) is 1.32. The Kier molecular flexibility index (Phi) is 3.58. The Balaban J connectivity index is 1.89. The van der Waals surface area contributed by atoms with Crippen molar-refractivity contribution >= 4 is 9.84 Å². The van der Waals surface area contributed by atoms with Gasteiger partial charge in [-0.05, 0) is 37.3 Å². The van der Waals surface area contributed by atoms with Gasteiger partial charge in [-0.1, -0.05) is 18.2 Å². The third-order valence-electron chi connectivity index (χ3n) is 4.16. The number of sulfone groups is 1. The van der Waals surface area contributed by atoms with Gasteiger partial charge >= 0.3 is 0 Å². The van der Waals surface area contributed by atoms with Crippen molar-refractivity contribution in [1.82, 2.24) is 0 Å². The maximum Gasteiger partial charge on any atom is 0.181 e. The summed E-state index contributed by atoms with van der Waals surface area (Å²) >= 11 is 0. The fourth-order valence-electron chi connectivity index (χ4n) is 3.07. The second-order valence-corrected chi connectivity index (χ2v) is 7.66. The van der Waals surface area contributed by atoms with Crippen molar-refractivity contribution in [2.24, 2.45) is 5.92 Å². The summed E-state index contributed by atoms with van der Waals surface area (Å²) < 4.78 is 25.0. The van der Waals surface area contributed by atoms with Gasteiger partial charge in [0.05, 0.1) is 23.4 Å². The van der Waals surface area contributed by atoms with Gasteiger partial charge in [-0.2, -0.15) is 0 Å². The molecule has 0 spiro atoms. The number of hydrogen-bond donors (Lipinski definition) is 1. The van der Waals surface area contributed by atoms with E-state index in [1.165, 1.54) is 0 Å². The Morgan fingerprint density at radius 1 is 1.25 bits per heavy atom. The molecule has 2 aliphatic rings. The van der Waals surface area contributed by atoms with Crippen LogP contribution >= 0.6 is 0 Å². The molecule has 1 aromatic carbocycles. The van der Waals surface area contributed by atoms with Crippen LogP contribution in [0.15, 0.2) is 35.2 Å². The summed E-state index contributed by atoms with van der Waals surface area (Å²) in [5.74, 6) is 0.0138. The van der Waals surface area contributed by atoms with Gasteiger partial charge in [0.25, 0.3) is 0 Å². The van der Waals surface area contributed by atoms with Crippen molar-refractivity contribution in [1.29, 1.82) is 0 Å². The van der Waals surface area contributed by atoms with E-state index in [1.54, 1.807) is 30.3 Å². The van der Waals surface area contributed by atoms with Crippen LogP contribution in [0.3, 0.4) is 0 Å². The summed E-state index contributed by atoms with van der Waals surface area (Å²) in [5.41, 5.74) is -1.13. The van der Waals surface area contributed by atoms with Crippen LogP contribution in [0.25, 0.3) is 0 Å². The lowest BCUT2D eigenvalue weighted by atomic mass is 9.77. The highest BCUT2D eigenvalue weighted by atomic mass is 32.2. The molecule has 6 heteroatoms. The molecule has 3 rings (SSSR count). The predicted molar refractivity (Wildman–Crippen MR) is 71.6 cm³/mol. The van der Waals surface area contributed by atoms with Crippen LogP contribution in [-0.2, 0) is 19.6 Å². The Morgan fingerprint density at radius 3 is 2.75 bits per heavy atom. The average Bonchev–Trinajstić information content (AvgIpc) is 2.44. The lowest BCUT2D eigenvalue weighted by molar-refractivity contribution is -0.412. The highest BCUT2D eigenvalue weighted by molar-refractivity contribution is 7.91. The summed E-state index contributed by atoms with van der Waals surface area (Å²) in [6.45, 7) is 0.472. The molecule has 110 valence electrons. The van der Waals surface area contributed by atoms with Crippen LogP contribution in [0.2, 0.25) is 0 Å². The second-order valence-electron chi connectivity index (χ2n) is 5.67. The number of fused-ring (bicyclic) bond motifs is 2. The molecule has 3 atom stereocenters. The first-order chi connectivity index (χ1) is 9.52. The number of rotatable bonds is 3. The Morgan fingerprint density at radius 2 is 2.00 bits per heavy atom. The molecule has 0 amide bonds. The first-order valence-corrected chi connectivity index (χ1v) is 8.44. The highest BCUT2D eigenvalue weighted by Gasteiger charge is 2.51. The lowest BCUT2D eigenvalue weighted by Gasteiger charge is -2.46. The molecule has 0 radical (unpaired) electrons. The van der Waals surface area contributed by atoms with E-state index in [-0.39, 0.29) is 16.6 Å². The van der Waals surface area contributed by atoms with Gasteiger partial charge in [0.2, 0.25) is 0 Å². The fraction of sp³-hybridized carbons (Fsp3) is 0.571. The summed E-state index contributed by atoms with van der Waals surface area (Å²) in [5, 5.41) is 10.2. The molecule has 20 heavy (non-hydrogen) atoms. The summed E-state index contributed by atoms with van der Waals surface area (Å²) in [6, 6.07) is 8.25. The molecular formula is C14H18O5S. The molecule has 1 heterocycles. The minimum atomic E-state index is -3.52. The van der Waals surface area contributed by atoms with E-state index in [4.69, 9.17) is 9.78 Å². The van der Waals surface area contributed by atoms with Crippen molar-refractivity contribution in [3.8, 4) is 0 Å². The van der Waals surface area contributed by atoms with E-state index in [0.717, 1.165) is 6.42 Å². The first kappa shape index (κ1) is 14.0. The zero-order chi connectivity index (χ0) is 14.2. The van der Waals surface area contributed by atoms with Gasteiger partial charge in [0, 0.05) is 0 Å². The standard InChI is InChI=1S/C14H18O5S/c15-13-7-6-11-8-14(13,19-18-9-11)10-20(16,17)12-4-2-1-3-5-12/h1-5,11,13,15H,6-10H2. The maximum atomic E-state index is 12.5. The van der Waals surface area contributed by atoms with Crippen LogP contribution in [0.4, 0.5) is 0 Å². The van der Waals surface area contributed by atoms with Crippen molar-refractivity contribution in [3.05, 3.63) is 30.3 Å². The van der Waals surface area contributed by atoms with Gasteiger partial charge in [-0.15, -0.1) is 0 Å². The number of benzene rings is 1. The minimum absolute atomic E-state index is 0.248. The molecule has 0 aromatic heterocycles. The van der Waals surface area contributed by atoms with Gasteiger partial charge in [-0.3, -0.25) is 0 Å². The molecule has 1 N–H and O–H groups in total. The quantitative estimate of drug-likeness (QED) is 0.852. The summed E-state index contributed by atoms with van der Waals surface area (Å²) in [4.78, 5) is 10.6. The van der Waals surface area contributed by atoms with E-state index in [0.29, 0.717) is 19.4 Å². The molecule has 2 bridgehead atoms. The zero-order valence-electron chi connectivity index (χ0n) is 11.1. The molecular weight excluding hydrogens is 280 g/mol. The SMILES string of the molecule is O=S(=O)(CC12CC(CCC1O)COO2)c1ccccc1. The van der Waals surface area contributed by atoms with Crippen molar-refractivity contribution < 1.29 is 23.3 Å². The number of aliphatic hydroxyl groups is 1. The topological polar surface area (TPSA) is 72.8 Å².